The molecule has 2 amide bonds. The van der Waals surface area contributed by atoms with E-state index in [2.05, 4.69) is 10.7 Å². The standard InChI is InChI=1S/C25H24N4O2/c1-16-10-11-23(12-17(16)2)27-24(30)22(15-26)14-21-13-18(3)29(19(21)4)28-25(31)20-8-6-5-7-9-20/h5-14H,1-4H3,(H,27,30)(H,28,31)/b22-14-. The lowest BCUT2D eigenvalue weighted by molar-refractivity contribution is -0.112. The number of amides is 2. The maximum atomic E-state index is 12.6. The number of benzene rings is 2. The van der Waals surface area contributed by atoms with Crippen LogP contribution in [0.4, 0.5) is 5.69 Å². The maximum absolute atomic E-state index is 12.6. The van der Waals surface area contributed by atoms with Crippen molar-refractivity contribution in [1.82, 2.24) is 4.68 Å². The Labute approximate surface area is 181 Å². The van der Waals surface area contributed by atoms with Gasteiger partial charge in [-0.2, -0.15) is 5.26 Å². The Bertz CT molecular complexity index is 1210. The van der Waals surface area contributed by atoms with E-state index < -0.39 is 5.91 Å². The second kappa shape index (κ2) is 9.14. The SMILES string of the molecule is Cc1ccc(NC(=O)/C(C#N)=C\c2cc(C)n(NC(=O)c3ccccc3)c2C)cc1C. The van der Waals surface area contributed by atoms with E-state index in [9.17, 15) is 14.9 Å². The van der Waals surface area contributed by atoms with Gasteiger partial charge in [-0.25, -0.2) is 0 Å². The van der Waals surface area contributed by atoms with E-state index in [1.807, 2.05) is 58.0 Å². The first-order valence-corrected chi connectivity index (χ1v) is 9.86. The third kappa shape index (κ3) is 4.90. The quantitative estimate of drug-likeness (QED) is 0.472. The first kappa shape index (κ1) is 21.6. The van der Waals surface area contributed by atoms with Gasteiger partial charge in [-0.3, -0.25) is 19.7 Å². The van der Waals surface area contributed by atoms with Crippen molar-refractivity contribution in [2.24, 2.45) is 0 Å². The van der Waals surface area contributed by atoms with Crippen LogP contribution in [0.2, 0.25) is 0 Å². The Balaban J connectivity index is 1.83. The van der Waals surface area contributed by atoms with Crippen LogP contribution in [-0.2, 0) is 4.79 Å². The van der Waals surface area contributed by atoms with Crippen LogP contribution in [0.25, 0.3) is 6.08 Å². The smallest absolute Gasteiger partial charge is 0.270 e. The lowest BCUT2D eigenvalue weighted by Crippen LogP contribution is -2.24. The number of hydrogen-bond donors (Lipinski definition) is 2. The van der Waals surface area contributed by atoms with Crippen LogP contribution in [-0.4, -0.2) is 16.5 Å². The van der Waals surface area contributed by atoms with Crippen LogP contribution in [0.1, 0.15) is 38.4 Å². The second-order valence-corrected chi connectivity index (χ2v) is 7.39. The third-order valence-corrected chi connectivity index (χ3v) is 5.15. The van der Waals surface area contributed by atoms with Gasteiger partial charge in [0.2, 0.25) is 0 Å². The highest BCUT2D eigenvalue weighted by Gasteiger charge is 2.15. The molecule has 156 valence electrons. The van der Waals surface area contributed by atoms with Gasteiger partial charge >= 0.3 is 0 Å². The molecule has 3 aromatic rings. The van der Waals surface area contributed by atoms with Gasteiger partial charge in [0, 0.05) is 22.6 Å². The summed E-state index contributed by atoms with van der Waals surface area (Å²) in [5.41, 5.74) is 8.36. The fourth-order valence-corrected chi connectivity index (χ4v) is 3.18. The van der Waals surface area contributed by atoms with Gasteiger partial charge in [-0.05, 0) is 80.8 Å². The zero-order chi connectivity index (χ0) is 22.5. The zero-order valence-electron chi connectivity index (χ0n) is 18.0. The highest BCUT2D eigenvalue weighted by Crippen LogP contribution is 2.19. The number of aromatic nitrogens is 1. The molecule has 2 aromatic carbocycles. The Morgan fingerprint density at radius 2 is 1.68 bits per heavy atom. The van der Waals surface area contributed by atoms with Crippen molar-refractivity contribution in [2.75, 3.05) is 10.7 Å². The lowest BCUT2D eigenvalue weighted by atomic mass is 10.1. The fraction of sp³-hybridized carbons (Fsp3) is 0.160. The van der Waals surface area contributed by atoms with E-state index in [4.69, 9.17) is 0 Å². The van der Waals surface area contributed by atoms with Crippen molar-refractivity contribution >= 4 is 23.6 Å². The number of nitriles is 1. The maximum Gasteiger partial charge on any atom is 0.270 e. The number of carbonyl (C=O) groups is 2. The average molecular weight is 412 g/mol. The number of carbonyl (C=O) groups excluding carboxylic acids is 2. The molecule has 2 N–H and O–H groups in total. The number of anilines is 1. The summed E-state index contributed by atoms with van der Waals surface area (Å²) in [6.07, 6.45) is 1.53. The van der Waals surface area contributed by atoms with Gasteiger partial charge in [0.05, 0.1) is 0 Å². The normalized spacial score (nSPS) is 11.0. The summed E-state index contributed by atoms with van der Waals surface area (Å²) < 4.78 is 1.65. The largest absolute Gasteiger partial charge is 0.321 e. The minimum atomic E-state index is -0.483. The molecule has 31 heavy (non-hydrogen) atoms. The van der Waals surface area contributed by atoms with Crippen molar-refractivity contribution in [1.29, 1.82) is 5.26 Å². The molecule has 0 bridgehead atoms. The van der Waals surface area contributed by atoms with Crippen molar-refractivity contribution in [3.05, 3.63) is 93.8 Å². The fourth-order valence-electron chi connectivity index (χ4n) is 3.18. The van der Waals surface area contributed by atoms with E-state index in [0.29, 0.717) is 22.5 Å². The van der Waals surface area contributed by atoms with Crippen LogP contribution in [0.3, 0.4) is 0 Å². The highest BCUT2D eigenvalue weighted by molar-refractivity contribution is 6.09. The van der Waals surface area contributed by atoms with Gasteiger partial charge in [-0.15, -0.1) is 0 Å². The monoisotopic (exact) mass is 412 g/mol. The zero-order valence-corrected chi connectivity index (χ0v) is 18.0. The van der Waals surface area contributed by atoms with Crippen LogP contribution in [0.15, 0.2) is 60.2 Å². The Morgan fingerprint density at radius 3 is 2.32 bits per heavy atom. The molecule has 0 aliphatic carbocycles. The summed E-state index contributed by atoms with van der Waals surface area (Å²) in [5, 5.41) is 12.3. The van der Waals surface area contributed by atoms with Gasteiger partial charge in [0.15, 0.2) is 0 Å². The molecule has 0 aliphatic heterocycles. The summed E-state index contributed by atoms with van der Waals surface area (Å²) in [6.45, 7) is 7.62. The molecule has 0 aliphatic rings. The molecule has 0 unspecified atom stereocenters. The molecule has 0 fully saturated rings. The van der Waals surface area contributed by atoms with Gasteiger partial charge < -0.3 is 5.32 Å². The minimum Gasteiger partial charge on any atom is -0.321 e. The number of nitrogens with zero attached hydrogens (tertiary/aromatic N) is 2. The predicted octanol–water partition coefficient (Wildman–Crippen LogP) is 4.65. The molecule has 6 nitrogen and oxygen atoms in total. The van der Waals surface area contributed by atoms with Gasteiger partial charge in [-0.1, -0.05) is 24.3 Å². The first-order chi connectivity index (χ1) is 14.8. The van der Waals surface area contributed by atoms with Crippen LogP contribution < -0.4 is 10.7 Å². The van der Waals surface area contributed by atoms with E-state index in [1.165, 1.54) is 6.08 Å². The molecular weight excluding hydrogens is 388 g/mol. The molecule has 0 spiro atoms. The summed E-state index contributed by atoms with van der Waals surface area (Å²) in [7, 11) is 0. The van der Waals surface area contributed by atoms with Crippen LogP contribution in [0, 0.1) is 39.0 Å². The van der Waals surface area contributed by atoms with Crippen molar-refractivity contribution in [3.8, 4) is 6.07 Å². The average Bonchev–Trinajstić information content (AvgIpc) is 3.02. The summed E-state index contributed by atoms with van der Waals surface area (Å²) in [4.78, 5) is 25.1. The first-order valence-electron chi connectivity index (χ1n) is 9.86. The molecule has 6 heteroatoms. The minimum absolute atomic E-state index is 0.0205. The molecule has 1 heterocycles. The Morgan fingerprint density at radius 1 is 0.968 bits per heavy atom. The second-order valence-electron chi connectivity index (χ2n) is 7.39. The van der Waals surface area contributed by atoms with E-state index in [-0.39, 0.29) is 11.5 Å². The molecule has 0 saturated carbocycles. The summed E-state index contributed by atoms with van der Waals surface area (Å²) in [6, 6.07) is 18.3. The van der Waals surface area contributed by atoms with Crippen LogP contribution >= 0.6 is 0 Å². The topological polar surface area (TPSA) is 86.9 Å². The Hall–Kier alpha value is -4.11. The van der Waals surface area contributed by atoms with Crippen molar-refractivity contribution in [3.63, 3.8) is 0 Å². The summed E-state index contributed by atoms with van der Waals surface area (Å²) in [5.74, 6) is -0.727. The highest BCUT2D eigenvalue weighted by atomic mass is 16.2. The van der Waals surface area contributed by atoms with E-state index in [0.717, 1.165) is 16.8 Å². The molecule has 1 aromatic heterocycles. The predicted molar refractivity (Wildman–Crippen MR) is 122 cm³/mol. The van der Waals surface area contributed by atoms with E-state index in [1.54, 1.807) is 35.0 Å². The molecular formula is C25H24N4O2. The number of nitrogens with one attached hydrogen (secondary N) is 2. The third-order valence-electron chi connectivity index (χ3n) is 5.15. The molecule has 0 radical (unpaired) electrons. The van der Waals surface area contributed by atoms with E-state index >= 15 is 0 Å². The Kier molecular flexibility index (Phi) is 6.37. The van der Waals surface area contributed by atoms with Crippen LogP contribution in [0.5, 0.6) is 0 Å². The number of hydrogen-bond acceptors (Lipinski definition) is 3. The lowest BCUT2D eigenvalue weighted by Gasteiger charge is -2.11. The number of rotatable bonds is 5. The number of aryl methyl sites for hydroxylation is 3. The van der Waals surface area contributed by atoms with Crippen molar-refractivity contribution in [2.45, 2.75) is 27.7 Å². The van der Waals surface area contributed by atoms with Gasteiger partial charge in [0.1, 0.15) is 11.6 Å². The molecule has 0 saturated heterocycles. The van der Waals surface area contributed by atoms with Gasteiger partial charge in [0.25, 0.3) is 11.8 Å². The van der Waals surface area contributed by atoms with Crippen molar-refractivity contribution < 1.29 is 9.59 Å². The molecule has 3 rings (SSSR count). The summed E-state index contributed by atoms with van der Waals surface area (Å²) >= 11 is 0. The molecule has 0 atom stereocenters.